The first-order chi connectivity index (χ1) is 9.66. The predicted octanol–water partition coefficient (Wildman–Crippen LogP) is 3.52. The van der Waals surface area contributed by atoms with Crippen LogP contribution in [0, 0.1) is 5.82 Å². The van der Waals surface area contributed by atoms with Gasteiger partial charge in [-0.3, -0.25) is 0 Å². The van der Waals surface area contributed by atoms with Gasteiger partial charge >= 0.3 is 5.97 Å². The van der Waals surface area contributed by atoms with Crippen LogP contribution >= 0.6 is 0 Å². The Morgan fingerprint density at radius 3 is 2.90 bits per heavy atom. The molecule has 0 spiro atoms. The van der Waals surface area contributed by atoms with Gasteiger partial charge in [0.2, 0.25) is 0 Å². The Balaban J connectivity index is 2.09. The van der Waals surface area contributed by atoms with Crippen molar-refractivity contribution in [2.75, 3.05) is 6.61 Å². The Hall–Kier alpha value is -2.36. The smallest absolute Gasteiger partial charge is 0.338 e. The van der Waals surface area contributed by atoms with Crippen LogP contribution in [0.3, 0.4) is 0 Å². The summed E-state index contributed by atoms with van der Waals surface area (Å²) in [6, 6.07) is 9.86. The molecule has 3 nitrogen and oxygen atoms in total. The van der Waals surface area contributed by atoms with Gasteiger partial charge in [0.25, 0.3) is 0 Å². The maximum absolute atomic E-state index is 14.2. The van der Waals surface area contributed by atoms with Crippen LogP contribution in [0.1, 0.15) is 22.3 Å². The normalized spacial score (nSPS) is 13.4. The molecule has 0 aromatic heterocycles. The SMILES string of the molecule is O=C(O)c1cccc(-c2ccc3c(c2)CCCO3)c1F. The average Bonchev–Trinajstić information content (AvgIpc) is 2.46. The molecule has 0 saturated heterocycles. The number of aromatic carboxylic acids is 1. The van der Waals surface area contributed by atoms with Crippen LogP contribution in [0.15, 0.2) is 36.4 Å². The highest BCUT2D eigenvalue weighted by atomic mass is 19.1. The Kier molecular flexibility index (Phi) is 3.14. The van der Waals surface area contributed by atoms with Crippen molar-refractivity contribution in [3.63, 3.8) is 0 Å². The molecule has 0 bridgehead atoms. The van der Waals surface area contributed by atoms with Gasteiger partial charge in [0, 0.05) is 5.56 Å². The lowest BCUT2D eigenvalue weighted by atomic mass is 9.97. The van der Waals surface area contributed by atoms with E-state index >= 15 is 0 Å². The Morgan fingerprint density at radius 1 is 1.25 bits per heavy atom. The Bertz CT molecular complexity index is 679. The minimum absolute atomic E-state index is 0.304. The topological polar surface area (TPSA) is 46.5 Å². The summed E-state index contributed by atoms with van der Waals surface area (Å²) in [5, 5.41) is 8.97. The first kappa shape index (κ1) is 12.7. The Morgan fingerprint density at radius 2 is 2.10 bits per heavy atom. The fourth-order valence-corrected chi connectivity index (χ4v) is 2.45. The van der Waals surface area contributed by atoms with Gasteiger partial charge in [-0.15, -0.1) is 0 Å². The monoisotopic (exact) mass is 272 g/mol. The summed E-state index contributed by atoms with van der Waals surface area (Å²) in [7, 11) is 0. The fourth-order valence-electron chi connectivity index (χ4n) is 2.45. The minimum atomic E-state index is -1.26. The number of rotatable bonds is 2. The lowest BCUT2D eigenvalue weighted by Gasteiger charge is -2.18. The molecule has 0 amide bonds. The van der Waals surface area contributed by atoms with Gasteiger partial charge in [0.05, 0.1) is 12.2 Å². The zero-order valence-electron chi connectivity index (χ0n) is 10.7. The first-order valence-electron chi connectivity index (χ1n) is 6.45. The summed E-state index contributed by atoms with van der Waals surface area (Å²) in [6.45, 7) is 0.704. The quantitative estimate of drug-likeness (QED) is 0.909. The van der Waals surface area contributed by atoms with E-state index in [0.717, 1.165) is 24.2 Å². The molecule has 0 saturated carbocycles. The van der Waals surface area contributed by atoms with Crippen molar-refractivity contribution in [3.8, 4) is 16.9 Å². The highest BCUT2D eigenvalue weighted by Gasteiger charge is 2.17. The third kappa shape index (κ3) is 2.13. The molecule has 0 radical (unpaired) electrons. The fraction of sp³-hybridized carbons (Fsp3) is 0.188. The van der Waals surface area contributed by atoms with Gasteiger partial charge in [0.15, 0.2) is 0 Å². The summed E-state index contributed by atoms with van der Waals surface area (Å²) in [4.78, 5) is 11.0. The number of fused-ring (bicyclic) bond motifs is 1. The highest BCUT2D eigenvalue weighted by molar-refractivity contribution is 5.90. The number of carboxylic acids is 1. The Labute approximate surface area is 115 Å². The molecule has 2 aromatic carbocycles. The van der Waals surface area contributed by atoms with E-state index in [-0.39, 0.29) is 5.56 Å². The summed E-state index contributed by atoms with van der Waals surface area (Å²) in [5.74, 6) is -1.13. The van der Waals surface area contributed by atoms with Crippen molar-refractivity contribution in [1.29, 1.82) is 0 Å². The number of hydrogen-bond donors (Lipinski definition) is 1. The van der Waals surface area contributed by atoms with E-state index in [2.05, 4.69) is 0 Å². The number of ether oxygens (including phenoxy) is 1. The van der Waals surface area contributed by atoms with Crippen LogP contribution in [0.4, 0.5) is 4.39 Å². The molecule has 4 heteroatoms. The number of carbonyl (C=O) groups is 1. The minimum Gasteiger partial charge on any atom is -0.493 e. The average molecular weight is 272 g/mol. The van der Waals surface area contributed by atoms with E-state index in [4.69, 9.17) is 9.84 Å². The number of aryl methyl sites for hydroxylation is 1. The lowest BCUT2D eigenvalue weighted by Crippen LogP contribution is -2.08. The van der Waals surface area contributed by atoms with Crippen molar-refractivity contribution in [1.82, 2.24) is 0 Å². The summed E-state index contributed by atoms with van der Waals surface area (Å²) < 4.78 is 19.7. The number of hydrogen-bond acceptors (Lipinski definition) is 2. The standard InChI is InChI=1S/C16H13FO3/c17-15-12(4-1-5-13(15)16(18)19)10-6-7-14-11(9-10)3-2-8-20-14/h1,4-7,9H,2-3,8H2,(H,18,19). The molecular weight excluding hydrogens is 259 g/mol. The maximum atomic E-state index is 14.2. The van der Waals surface area contributed by atoms with Gasteiger partial charge in [0.1, 0.15) is 11.6 Å². The molecule has 102 valence electrons. The molecular formula is C16H13FO3. The molecule has 0 aliphatic carbocycles. The van der Waals surface area contributed by atoms with Crippen molar-refractivity contribution < 1.29 is 19.0 Å². The second-order valence-electron chi connectivity index (χ2n) is 4.75. The summed E-state index contributed by atoms with van der Waals surface area (Å²) >= 11 is 0. The predicted molar refractivity (Wildman–Crippen MR) is 72.6 cm³/mol. The second kappa shape index (κ2) is 4.96. The van der Waals surface area contributed by atoms with E-state index < -0.39 is 11.8 Å². The van der Waals surface area contributed by atoms with Crippen LogP contribution in [0.2, 0.25) is 0 Å². The molecule has 0 unspecified atom stereocenters. The third-order valence-electron chi connectivity index (χ3n) is 3.45. The molecule has 1 N–H and O–H groups in total. The van der Waals surface area contributed by atoms with Crippen LogP contribution in [0.5, 0.6) is 5.75 Å². The van der Waals surface area contributed by atoms with E-state index in [0.29, 0.717) is 17.7 Å². The van der Waals surface area contributed by atoms with Gasteiger partial charge in [-0.25, -0.2) is 9.18 Å². The maximum Gasteiger partial charge on any atom is 0.338 e. The molecule has 3 rings (SSSR count). The van der Waals surface area contributed by atoms with Crippen molar-refractivity contribution in [3.05, 3.63) is 53.3 Å². The molecule has 0 atom stereocenters. The van der Waals surface area contributed by atoms with Gasteiger partial charge in [-0.2, -0.15) is 0 Å². The van der Waals surface area contributed by atoms with E-state index in [1.165, 1.54) is 6.07 Å². The van der Waals surface area contributed by atoms with Crippen LogP contribution in [-0.2, 0) is 6.42 Å². The van der Waals surface area contributed by atoms with Gasteiger partial charge in [-0.05, 0) is 42.2 Å². The van der Waals surface area contributed by atoms with Crippen LogP contribution < -0.4 is 4.74 Å². The van der Waals surface area contributed by atoms with E-state index in [1.54, 1.807) is 18.2 Å². The largest absolute Gasteiger partial charge is 0.493 e. The van der Waals surface area contributed by atoms with Crippen LogP contribution in [-0.4, -0.2) is 17.7 Å². The summed E-state index contributed by atoms with van der Waals surface area (Å²) in [5.41, 5.74) is 1.71. The zero-order valence-corrected chi connectivity index (χ0v) is 10.7. The van der Waals surface area contributed by atoms with E-state index in [1.807, 2.05) is 12.1 Å². The third-order valence-corrected chi connectivity index (χ3v) is 3.45. The summed E-state index contributed by atoms with van der Waals surface area (Å²) in [6.07, 6.45) is 1.83. The zero-order chi connectivity index (χ0) is 14.1. The molecule has 1 aliphatic rings. The van der Waals surface area contributed by atoms with E-state index in [9.17, 15) is 9.18 Å². The number of halogens is 1. The molecule has 1 aliphatic heterocycles. The molecule has 20 heavy (non-hydrogen) atoms. The van der Waals surface area contributed by atoms with Crippen molar-refractivity contribution in [2.24, 2.45) is 0 Å². The molecule has 1 heterocycles. The number of carboxylic acid groups (broad SMARTS) is 1. The molecule has 0 fully saturated rings. The van der Waals surface area contributed by atoms with Crippen molar-refractivity contribution >= 4 is 5.97 Å². The van der Waals surface area contributed by atoms with Crippen molar-refractivity contribution in [2.45, 2.75) is 12.8 Å². The number of benzene rings is 2. The molecule has 2 aromatic rings. The highest BCUT2D eigenvalue weighted by Crippen LogP contribution is 2.32. The van der Waals surface area contributed by atoms with Gasteiger partial charge in [-0.1, -0.05) is 18.2 Å². The van der Waals surface area contributed by atoms with Gasteiger partial charge < -0.3 is 9.84 Å². The first-order valence-corrected chi connectivity index (χ1v) is 6.45. The second-order valence-corrected chi connectivity index (χ2v) is 4.75. The lowest BCUT2D eigenvalue weighted by molar-refractivity contribution is 0.0692. The van der Waals surface area contributed by atoms with Crippen LogP contribution in [0.25, 0.3) is 11.1 Å².